The molecule has 1 fully saturated rings. The molecule has 1 aliphatic rings. The number of hydrogen-bond acceptors (Lipinski definition) is 3. The molecule has 1 saturated carbocycles. The van der Waals surface area contributed by atoms with Gasteiger partial charge < -0.3 is 10.5 Å². The summed E-state index contributed by atoms with van der Waals surface area (Å²) in [6.45, 7) is 4.47. The lowest BCUT2D eigenvalue weighted by Gasteiger charge is -2.42. The summed E-state index contributed by atoms with van der Waals surface area (Å²) >= 11 is 0. The summed E-state index contributed by atoms with van der Waals surface area (Å²) in [5, 5.41) is 0. The van der Waals surface area contributed by atoms with E-state index in [1.807, 2.05) is 12.1 Å². The highest BCUT2D eigenvalue weighted by molar-refractivity contribution is 5.36. The van der Waals surface area contributed by atoms with E-state index in [9.17, 15) is 0 Å². The fourth-order valence-electron chi connectivity index (χ4n) is 3.89. The highest BCUT2D eigenvalue weighted by Gasteiger charge is 2.32. The van der Waals surface area contributed by atoms with Crippen LogP contribution in [0.3, 0.4) is 0 Å². The number of hydrogen-bond donors (Lipinski definition) is 1. The molecule has 2 N–H and O–H groups in total. The molecular formula is C18H30N2O. The van der Waals surface area contributed by atoms with Gasteiger partial charge in [0.1, 0.15) is 5.75 Å². The van der Waals surface area contributed by atoms with Crippen LogP contribution in [0.5, 0.6) is 5.75 Å². The number of rotatable bonds is 5. The predicted octanol–water partition coefficient (Wildman–Crippen LogP) is 3.59. The third kappa shape index (κ3) is 3.58. The van der Waals surface area contributed by atoms with Gasteiger partial charge in [-0.1, -0.05) is 38.0 Å². The van der Waals surface area contributed by atoms with Gasteiger partial charge in [0.2, 0.25) is 0 Å². The number of likely N-dealkylation sites (N-methyl/N-ethyl adjacent to an activating group) is 1. The fraction of sp³-hybridized carbons (Fsp3) is 0.667. The summed E-state index contributed by atoms with van der Waals surface area (Å²) in [5.41, 5.74) is 7.55. The van der Waals surface area contributed by atoms with Crippen LogP contribution in [-0.4, -0.2) is 31.1 Å². The molecule has 0 amide bonds. The smallest absolute Gasteiger partial charge is 0.123 e. The molecule has 3 nitrogen and oxygen atoms in total. The van der Waals surface area contributed by atoms with E-state index in [4.69, 9.17) is 10.5 Å². The Labute approximate surface area is 129 Å². The molecule has 0 bridgehead atoms. The molecule has 21 heavy (non-hydrogen) atoms. The van der Waals surface area contributed by atoms with Gasteiger partial charge >= 0.3 is 0 Å². The number of nitrogens with two attached hydrogens (primary N) is 1. The molecule has 4 atom stereocenters. The number of benzene rings is 1. The number of methoxy groups -OCH3 is 1. The summed E-state index contributed by atoms with van der Waals surface area (Å²) in [4.78, 5) is 2.49. The minimum Gasteiger partial charge on any atom is -0.496 e. The van der Waals surface area contributed by atoms with E-state index < -0.39 is 0 Å². The van der Waals surface area contributed by atoms with Crippen molar-refractivity contribution in [3.05, 3.63) is 29.8 Å². The SMILES string of the molecule is COc1ccccc1C(C(C)N)N(C)C1CCCCC1C. The van der Waals surface area contributed by atoms with E-state index in [1.165, 1.54) is 31.2 Å². The number of para-hydroxylation sites is 1. The molecular weight excluding hydrogens is 260 g/mol. The maximum atomic E-state index is 6.35. The van der Waals surface area contributed by atoms with Gasteiger partial charge in [0.05, 0.1) is 13.2 Å². The molecule has 1 aliphatic carbocycles. The second kappa shape index (κ2) is 7.28. The Hall–Kier alpha value is -1.06. The second-order valence-electron chi connectivity index (χ2n) is 6.54. The lowest BCUT2D eigenvalue weighted by Crippen LogP contribution is -2.46. The monoisotopic (exact) mass is 290 g/mol. The molecule has 1 aromatic rings. The Morgan fingerprint density at radius 1 is 1.24 bits per heavy atom. The van der Waals surface area contributed by atoms with E-state index in [0.29, 0.717) is 6.04 Å². The zero-order valence-electron chi connectivity index (χ0n) is 13.9. The van der Waals surface area contributed by atoms with E-state index in [2.05, 4.69) is 37.9 Å². The van der Waals surface area contributed by atoms with Crippen LogP contribution < -0.4 is 10.5 Å². The Kier molecular flexibility index (Phi) is 5.65. The van der Waals surface area contributed by atoms with Crippen LogP contribution in [0.4, 0.5) is 0 Å². The summed E-state index contributed by atoms with van der Waals surface area (Å²) in [6, 6.07) is 9.15. The van der Waals surface area contributed by atoms with Crippen molar-refractivity contribution in [1.29, 1.82) is 0 Å². The maximum absolute atomic E-state index is 6.35. The van der Waals surface area contributed by atoms with E-state index >= 15 is 0 Å². The van der Waals surface area contributed by atoms with Crippen molar-refractivity contribution in [3.63, 3.8) is 0 Å². The Morgan fingerprint density at radius 2 is 1.90 bits per heavy atom. The molecule has 0 saturated heterocycles. The van der Waals surface area contributed by atoms with Crippen molar-refractivity contribution >= 4 is 0 Å². The molecule has 0 heterocycles. The van der Waals surface area contributed by atoms with Crippen molar-refractivity contribution in [2.24, 2.45) is 11.7 Å². The molecule has 4 unspecified atom stereocenters. The average Bonchev–Trinajstić information content (AvgIpc) is 2.48. The number of ether oxygens (including phenoxy) is 1. The van der Waals surface area contributed by atoms with E-state index in [-0.39, 0.29) is 12.1 Å². The highest BCUT2D eigenvalue weighted by atomic mass is 16.5. The first-order chi connectivity index (χ1) is 10.1. The van der Waals surface area contributed by atoms with E-state index in [0.717, 1.165) is 11.7 Å². The Morgan fingerprint density at radius 3 is 2.52 bits per heavy atom. The normalized spacial score (nSPS) is 25.6. The largest absolute Gasteiger partial charge is 0.496 e. The van der Waals surface area contributed by atoms with Gasteiger partial charge in [-0.05, 0) is 38.8 Å². The molecule has 1 aromatic carbocycles. The van der Waals surface area contributed by atoms with Gasteiger partial charge in [0.25, 0.3) is 0 Å². The van der Waals surface area contributed by atoms with Gasteiger partial charge in [-0.15, -0.1) is 0 Å². The highest BCUT2D eigenvalue weighted by Crippen LogP contribution is 2.36. The predicted molar refractivity (Wildman–Crippen MR) is 88.6 cm³/mol. The zero-order valence-corrected chi connectivity index (χ0v) is 13.9. The average molecular weight is 290 g/mol. The summed E-state index contributed by atoms with van der Waals surface area (Å²) < 4.78 is 5.56. The van der Waals surface area contributed by atoms with Gasteiger partial charge in [-0.2, -0.15) is 0 Å². The first kappa shape index (κ1) is 16.3. The lowest BCUT2D eigenvalue weighted by atomic mass is 9.83. The molecule has 0 aromatic heterocycles. The standard InChI is InChI=1S/C18H30N2O/c1-13-9-5-7-11-16(13)20(3)18(14(2)19)15-10-6-8-12-17(15)21-4/h6,8,10,12-14,16,18H,5,7,9,11,19H2,1-4H3. The van der Waals surface area contributed by atoms with Crippen molar-refractivity contribution in [2.45, 2.75) is 57.7 Å². The van der Waals surface area contributed by atoms with Gasteiger partial charge in [0, 0.05) is 17.6 Å². The molecule has 118 valence electrons. The lowest BCUT2D eigenvalue weighted by molar-refractivity contribution is 0.0846. The molecule has 0 spiro atoms. The third-order valence-corrected chi connectivity index (χ3v) is 4.98. The van der Waals surface area contributed by atoms with Gasteiger partial charge in [-0.25, -0.2) is 0 Å². The minimum atomic E-state index is 0.0698. The topological polar surface area (TPSA) is 38.5 Å². The summed E-state index contributed by atoms with van der Waals surface area (Å²) in [7, 11) is 3.97. The van der Waals surface area contributed by atoms with Crippen LogP contribution in [0.1, 0.15) is 51.1 Å². The first-order valence-electron chi connectivity index (χ1n) is 8.16. The molecule has 0 radical (unpaired) electrons. The van der Waals surface area contributed by atoms with Gasteiger partial charge in [0.15, 0.2) is 0 Å². The zero-order chi connectivity index (χ0) is 15.4. The second-order valence-corrected chi connectivity index (χ2v) is 6.54. The summed E-state index contributed by atoms with van der Waals surface area (Å²) in [5.74, 6) is 1.68. The number of nitrogens with zero attached hydrogens (tertiary/aromatic N) is 1. The third-order valence-electron chi connectivity index (χ3n) is 4.98. The molecule has 2 rings (SSSR count). The Balaban J connectivity index is 2.29. The molecule has 0 aliphatic heterocycles. The van der Waals surface area contributed by atoms with Crippen LogP contribution in [0.2, 0.25) is 0 Å². The van der Waals surface area contributed by atoms with E-state index in [1.54, 1.807) is 7.11 Å². The van der Waals surface area contributed by atoms with Gasteiger partial charge in [-0.3, -0.25) is 4.90 Å². The quantitative estimate of drug-likeness (QED) is 0.900. The summed E-state index contributed by atoms with van der Waals surface area (Å²) in [6.07, 6.45) is 5.29. The minimum absolute atomic E-state index is 0.0698. The van der Waals surface area contributed by atoms with Crippen LogP contribution in [0, 0.1) is 5.92 Å². The first-order valence-corrected chi connectivity index (χ1v) is 8.16. The Bertz CT molecular complexity index is 447. The van der Waals surface area contributed by atoms with Crippen LogP contribution in [0.15, 0.2) is 24.3 Å². The van der Waals surface area contributed by atoms with Crippen molar-refractivity contribution in [2.75, 3.05) is 14.2 Å². The van der Waals surface area contributed by atoms with Crippen molar-refractivity contribution < 1.29 is 4.74 Å². The molecule has 3 heteroatoms. The van der Waals surface area contributed by atoms with Crippen LogP contribution >= 0.6 is 0 Å². The van der Waals surface area contributed by atoms with Crippen LogP contribution in [0.25, 0.3) is 0 Å². The van der Waals surface area contributed by atoms with Crippen molar-refractivity contribution in [1.82, 2.24) is 4.90 Å². The van der Waals surface area contributed by atoms with Crippen molar-refractivity contribution in [3.8, 4) is 5.75 Å². The van der Waals surface area contributed by atoms with Crippen LogP contribution in [-0.2, 0) is 0 Å². The fourth-order valence-corrected chi connectivity index (χ4v) is 3.89. The maximum Gasteiger partial charge on any atom is 0.123 e.